The first-order chi connectivity index (χ1) is 7.86. The quantitative estimate of drug-likeness (QED) is 0.802. The van der Waals surface area contributed by atoms with Gasteiger partial charge in [-0.05, 0) is 48.5 Å². The topological polar surface area (TPSA) is 24.9 Å². The van der Waals surface area contributed by atoms with E-state index in [1.807, 2.05) is 29.8 Å². The number of pyridine rings is 1. The molecule has 0 fully saturated rings. The summed E-state index contributed by atoms with van der Waals surface area (Å²) in [5.74, 6) is 0. The van der Waals surface area contributed by atoms with E-state index < -0.39 is 0 Å². The fraction of sp³-hybridized carbons (Fsp3) is 0.308. The lowest BCUT2D eigenvalue weighted by Crippen LogP contribution is -2.16. The van der Waals surface area contributed by atoms with Gasteiger partial charge in [0.1, 0.15) is 0 Å². The summed E-state index contributed by atoms with van der Waals surface area (Å²) in [6.07, 6.45) is 4.78. The van der Waals surface area contributed by atoms with Crippen molar-refractivity contribution in [2.45, 2.75) is 19.9 Å². The highest BCUT2D eigenvalue weighted by atomic mass is 32.1. The fourth-order valence-corrected chi connectivity index (χ4v) is 2.44. The number of nitrogens with zero attached hydrogens (tertiary/aromatic N) is 1. The van der Waals surface area contributed by atoms with Crippen molar-refractivity contribution in [3.8, 4) is 0 Å². The second-order valence-corrected chi connectivity index (χ2v) is 4.82. The number of hydrogen-bond donors (Lipinski definition) is 1. The zero-order valence-corrected chi connectivity index (χ0v) is 10.3. The van der Waals surface area contributed by atoms with Gasteiger partial charge in [0.25, 0.3) is 0 Å². The molecular formula is C13H16N2S. The normalized spacial score (nSPS) is 10.6. The van der Waals surface area contributed by atoms with Crippen LogP contribution in [-0.4, -0.2) is 11.5 Å². The molecule has 0 bridgehead atoms. The van der Waals surface area contributed by atoms with Crippen molar-refractivity contribution < 1.29 is 0 Å². The van der Waals surface area contributed by atoms with E-state index in [1.54, 1.807) is 0 Å². The van der Waals surface area contributed by atoms with E-state index in [-0.39, 0.29) is 0 Å². The summed E-state index contributed by atoms with van der Waals surface area (Å²) in [4.78, 5) is 5.54. The molecule has 1 N–H and O–H groups in total. The molecule has 0 atom stereocenters. The minimum atomic E-state index is 0.976. The Bertz CT molecular complexity index is 423. The van der Waals surface area contributed by atoms with E-state index in [9.17, 15) is 0 Å². The van der Waals surface area contributed by atoms with Crippen molar-refractivity contribution in [2.24, 2.45) is 0 Å². The SMILES string of the molecule is Cc1ccsc1CNCCc1cccnc1. The highest BCUT2D eigenvalue weighted by Crippen LogP contribution is 2.14. The van der Waals surface area contributed by atoms with Crippen molar-refractivity contribution in [3.05, 3.63) is 52.0 Å². The van der Waals surface area contributed by atoms with E-state index in [1.165, 1.54) is 16.0 Å². The van der Waals surface area contributed by atoms with Crippen LogP contribution in [0.1, 0.15) is 16.0 Å². The van der Waals surface area contributed by atoms with E-state index in [2.05, 4.69) is 34.7 Å². The molecule has 0 radical (unpaired) electrons. The van der Waals surface area contributed by atoms with Crippen LogP contribution in [0, 0.1) is 6.92 Å². The Morgan fingerprint density at radius 2 is 2.31 bits per heavy atom. The predicted octanol–water partition coefficient (Wildman–Crippen LogP) is 2.78. The summed E-state index contributed by atoms with van der Waals surface area (Å²) in [5.41, 5.74) is 2.68. The minimum Gasteiger partial charge on any atom is -0.312 e. The van der Waals surface area contributed by atoms with Gasteiger partial charge >= 0.3 is 0 Å². The summed E-state index contributed by atoms with van der Waals surface area (Å²) in [7, 11) is 0. The van der Waals surface area contributed by atoms with Gasteiger partial charge in [-0.2, -0.15) is 0 Å². The number of aromatic nitrogens is 1. The Morgan fingerprint density at radius 1 is 1.38 bits per heavy atom. The molecule has 2 nitrogen and oxygen atoms in total. The van der Waals surface area contributed by atoms with Crippen molar-refractivity contribution in [3.63, 3.8) is 0 Å². The van der Waals surface area contributed by atoms with Gasteiger partial charge in [0.05, 0.1) is 0 Å². The van der Waals surface area contributed by atoms with Crippen molar-refractivity contribution in [1.29, 1.82) is 0 Å². The molecular weight excluding hydrogens is 216 g/mol. The molecule has 0 aliphatic rings. The van der Waals surface area contributed by atoms with Crippen LogP contribution < -0.4 is 5.32 Å². The molecule has 0 amide bonds. The van der Waals surface area contributed by atoms with Crippen LogP contribution in [0.2, 0.25) is 0 Å². The molecule has 0 aromatic carbocycles. The second kappa shape index (κ2) is 5.77. The maximum atomic E-state index is 4.10. The van der Waals surface area contributed by atoms with Crippen LogP contribution >= 0.6 is 11.3 Å². The summed E-state index contributed by atoms with van der Waals surface area (Å²) in [6, 6.07) is 6.27. The van der Waals surface area contributed by atoms with Gasteiger partial charge in [0.2, 0.25) is 0 Å². The molecule has 3 heteroatoms. The van der Waals surface area contributed by atoms with Crippen LogP contribution in [0.25, 0.3) is 0 Å². The first-order valence-corrected chi connectivity index (χ1v) is 6.37. The average molecular weight is 232 g/mol. The Balaban J connectivity index is 1.72. The van der Waals surface area contributed by atoms with Crippen LogP contribution in [0.15, 0.2) is 36.0 Å². The number of nitrogens with one attached hydrogen (secondary N) is 1. The lowest BCUT2D eigenvalue weighted by atomic mass is 10.2. The van der Waals surface area contributed by atoms with E-state index >= 15 is 0 Å². The molecule has 2 aromatic heterocycles. The Hall–Kier alpha value is -1.19. The van der Waals surface area contributed by atoms with Crippen LogP contribution in [0.5, 0.6) is 0 Å². The Kier molecular flexibility index (Phi) is 4.08. The molecule has 0 aliphatic heterocycles. The lowest BCUT2D eigenvalue weighted by molar-refractivity contribution is 0.690. The van der Waals surface area contributed by atoms with Crippen LogP contribution in [0.4, 0.5) is 0 Å². The van der Waals surface area contributed by atoms with E-state index in [0.29, 0.717) is 0 Å². The molecule has 2 heterocycles. The summed E-state index contributed by atoms with van der Waals surface area (Å²) in [6.45, 7) is 4.14. The molecule has 16 heavy (non-hydrogen) atoms. The third-order valence-electron chi connectivity index (χ3n) is 2.57. The van der Waals surface area contributed by atoms with Gasteiger partial charge in [0, 0.05) is 23.8 Å². The van der Waals surface area contributed by atoms with Gasteiger partial charge in [-0.15, -0.1) is 11.3 Å². The third kappa shape index (κ3) is 3.15. The molecule has 0 saturated carbocycles. The number of rotatable bonds is 5. The van der Waals surface area contributed by atoms with Crippen LogP contribution in [-0.2, 0) is 13.0 Å². The minimum absolute atomic E-state index is 0.976. The molecule has 2 aromatic rings. The first kappa shape index (κ1) is 11.3. The van der Waals surface area contributed by atoms with Gasteiger partial charge in [-0.3, -0.25) is 4.98 Å². The molecule has 0 unspecified atom stereocenters. The molecule has 0 spiro atoms. The van der Waals surface area contributed by atoms with E-state index in [0.717, 1.165) is 19.5 Å². The number of thiophene rings is 1. The summed E-state index contributed by atoms with van der Waals surface area (Å²) < 4.78 is 0. The molecule has 84 valence electrons. The predicted molar refractivity (Wildman–Crippen MR) is 68.7 cm³/mol. The Labute approximate surface area is 100 Å². The van der Waals surface area contributed by atoms with Crippen molar-refractivity contribution in [2.75, 3.05) is 6.54 Å². The van der Waals surface area contributed by atoms with Gasteiger partial charge in [-0.1, -0.05) is 6.07 Å². The zero-order chi connectivity index (χ0) is 11.2. The first-order valence-electron chi connectivity index (χ1n) is 5.49. The zero-order valence-electron chi connectivity index (χ0n) is 9.44. The monoisotopic (exact) mass is 232 g/mol. The average Bonchev–Trinajstić information content (AvgIpc) is 2.72. The van der Waals surface area contributed by atoms with Crippen molar-refractivity contribution >= 4 is 11.3 Å². The third-order valence-corrected chi connectivity index (χ3v) is 3.59. The molecule has 0 aliphatic carbocycles. The molecule has 0 saturated heterocycles. The van der Waals surface area contributed by atoms with Crippen LogP contribution in [0.3, 0.4) is 0 Å². The second-order valence-electron chi connectivity index (χ2n) is 3.81. The largest absolute Gasteiger partial charge is 0.312 e. The smallest absolute Gasteiger partial charge is 0.0302 e. The standard InChI is InChI=1S/C13H16N2S/c1-11-5-8-16-13(11)10-15-7-4-12-3-2-6-14-9-12/h2-3,5-6,8-9,15H,4,7,10H2,1H3. The number of aryl methyl sites for hydroxylation is 1. The maximum absolute atomic E-state index is 4.10. The van der Waals surface area contributed by atoms with Gasteiger partial charge in [-0.25, -0.2) is 0 Å². The van der Waals surface area contributed by atoms with Crippen molar-refractivity contribution in [1.82, 2.24) is 10.3 Å². The van der Waals surface area contributed by atoms with Gasteiger partial charge < -0.3 is 5.32 Å². The fourth-order valence-electron chi connectivity index (χ4n) is 1.57. The van der Waals surface area contributed by atoms with E-state index in [4.69, 9.17) is 0 Å². The number of hydrogen-bond acceptors (Lipinski definition) is 3. The highest BCUT2D eigenvalue weighted by molar-refractivity contribution is 7.10. The summed E-state index contributed by atoms with van der Waals surface area (Å²) in [5, 5.41) is 5.61. The maximum Gasteiger partial charge on any atom is 0.0302 e. The highest BCUT2D eigenvalue weighted by Gasteiger charge is 1.98. The van der Waals surface area contributed by atoms with Gasteiger partial charge in [0.15, 0.2) is 0 Å². The molecule has 2 rings (SSSR count). The Morgan fingerprint density at radius 3 is 3.00 bits per heavy atom. The lowest BCUT2D eigenvalue weighted by Gasteiger charge is -2.04. The summed E-state index contributed by atoms with van der Waals surface area (Å²) >= 11 is 1.82.